The van der Waals surface area contributed by atoms with Crippen LogP contribution in [-0.2, 0) is 0 Å². The normalized spacial score (nSPS) is 10.6. The van der Waals surface area contributed by atoms with Gasteiger partial charge < -0.3 is 4.74 Å². The van der Waals surface area contributed by atoms with Crippen LogP contribution in [0, 0.1) is 36.0 Å². The van der Waals surface area contributed by atoms with Gasteiger partial charge in [0.25, 0.3) is 0 Å². The molecule has 0 aliphatic heterocycles. The first kappa shape index (κ1) is 15.3. The van der Waals surface area contributed by atoms with Crippen LogP contribution in [0.15, 0.2) is 18.2 Å². The summed E-state index contributed by atoms with van der Waals surface area (Å²) in [7, 11) is 0.615. The van der Waals surface area contributed by atoms with Gasteiger partial charge in [-0.05, 0) is 35.5 Å². The highest BCUT2D eigenvalue weighted by Gasteiger charge is 2.20. The standard InChI is InChI=1S/C14H10BF5O/c1-6-3-10(18)12(14(20)13(6)19)15-7-4-11(21-2)9(17)5-8(7)16/h3-5,15H,1-2H3. The summed E-state index contributed by atoms with van der Waals surface area (Å²) in [5.74, 6) is -5.76. The topological polar surface area (TPSA) is 9.23 Å². The molecule has 0 unspecified atom stereocenters. The Labute approximate surface area is 118 Å². The molecule has 0 fully saturated rings. The predicted molar refractivity (Wildman–Crippen MR) is 70.4 cm³/mol. The van der Waals surface area contributed by atoms with Gasteiger partial charge in [-0.25, -0.2) is 22.0 Å². The van der Waals surface area contributed by atoms with E-state index in [0.29, 0.717) is 6.07 Å². The van der Waals surface area contributed by atoms with Crippen molar-refractivity contribution >= 4 is 18.2 Å². The molecule has 0 saturated heterocycles. The average molecular weight is 300 g/mol. The summed E-state index contributed by atoms with van der Waals surface area (Å²) in [5.41, 5.74) is -1.01. The average Bonchev–Trinajstić information content (AvgIpc) is 2.43. The van der Waals surface area contributed by atoms with E-state index < -0.39 is 41.8 Å². The van der Waals surface area contributed by atoms with E-state index in [2.05, 4.69) is 4.74 Å². The molecular weight excluding hydrogens is 290 g/mol. The Balaban J connectivity index is 2.51. The minimum absolute atomic E-state index is 0.189. The molecule has 0 spiro atoms. The lowest BCUT2D eigenvalue weighted by molar-refractivity contribution is 0.385. The number of aryl methyl sites for hydroxylation is 1. The van der Waals surface area contributed by atoms with Gasteiger partial charge in [0.1, 0.15) is 11.6 Å². The van der Waals surface area contributed by atoms with Gasteiger partial charge in [-0.3, -0.25) is 0 Å². The van der Waals surface area contributed by atoms with E-state index in [4.69, 9.17) is 0 Å². The van der Waals surface area contributed by atoms with Crippen LogP contribution in [-0.4, -0.2) is 14.4 Å². The second kappa shape index (κ2) is 5.75. The third kappa shape index (κ3) is 2.86. The summed E-state index contributed by atoms with van der Waals surface area (Å²) < 4.78 is 72.6. The lowest BCUT2D eigenvalue weighted by Gasteiger charge is -2.10. The maximum atomic E-state index is 13.8. The number of hydrogen-bond acceptors (Lipinski definition) is 1. The van der Waals surface area contributed by atoms with Crippen molar-refractivity contribution in [3.8, 4) is 5.75 Å². The van der Waals surface area contributed by atoms with Crippen LogP contribution in [0.3, 0.4) is 0 Å². The number of halogens is 5. The van der Waals surface area contributed by atoms with Gasteiger partial charge in [-0.15, -0.1) is 0 Å². The van der Waals surface area contributed by atoms with E-state index in [0.717, 1.165) is 12.1 Å². The number of benzene rings is 2. The van der Waals surface area contributed by atoms with Gasteiger partial charge >= 0.3 is 0 Å². The largest absolute Gasteiger partial charge is 0.494 e. The van der Waals surface area contributed by atoms with Crippen LogP contribution in [0.2, 0.25) is 0 Å². The first-order chi connectivity index (χ1) is 9.85. The summed E-state index contributed by atoms with van der Waals surface area (Å²) in [6, 6.07) is 2.36. The Hall–Kier alpha value is -2.05. The molecule has 0 atom stereocenters. The number of methoxy groups -OCH3 is 1. The molecule has 1 nitrogen and oxygen atoms in total. The molecule has 0 bridgehead atoms. The molecule has 2 rings (SSSR count). The monoisotopic (exact) mass is 300 g/mol. The van der Waals surface area contributed by atoms with E-state index in [1.54, 1.807) is 0 Å². The van der Waals surface area contributed by atoms with Crippen LogP contribution < -0.4 is 15.7 Å². The molecule has 0 N–H and O–H groups in total. The van der Waals surface area contributed by atoms with Crippen molar-refractivity contribution < 1.29 is 26.7 Å². The van der Waals surface area contributed by atoms with Crippen LogP contribution in [0.4, 0.5) is 22.0 Å². The third-order valence-electron chi connectivity index (χ3n) is 3.12. The molecule has 2 aromatic rings. The molecule has 0 aromatic heterocycles. The maximum Gasteiger partial charge on any atom is 0.204 e. The fourth-order valence-corrected chi connectivity index (χ4v) is 1.97. The molecule has 7 heteroatoms. The molecule has 0 aliphatic rings. The van der Waals surface area contributed by atoms with Gasteiger partial charge in [0.2, 0.25) is 7.28 Å². The van der Waals surface area contributed by atoms with Crippen molar-refractivity contribution in [3.05, 3.63) is 52.8 Å². The second-order valence-electron chi connectivity index (χ2n) is 4.54. The first-order valence-electron chi connectivity index (χ1n) is 6.00. The van der Waals surface area contributed by atoms with E-state index in [9.17, 15) is 22.0 Å². The first-order valence-corrected chi connectivity index (χ1v) is 6.00. The smallest absolute Gasteiger partial charge is 0.204 e. The summed E-state index contributed by atoms with van der Waals surface area (Å²) in [5, 5.41) is 0. The number of rotatable bonds is 3. The molecule has 2 aromatic carbocycles. The highest BCUT2D eigenvalue weighted by atomic mass is 19.2. The Morgan fingerprint density at radius 1 is 0.857 bits per heavy atom. The predicted octanol–water partition coefficient (Wildman–Crippen LogP) is 2.09. The lowest BCUT2D eigenvalue weighted by Crippen LogP contribution is -2.35. The van der Waals surface area contributed by atoms with Crippen LogP contribution >= 0.6 is 0 Å². The quantitative estimate of drug-likeness (QED) is 0.479. The molecule has 21 heavy (non-hydrogen) atoms. The summed E-state index contributed by atoms with van der Waals surface area (Å²) in [4.78, 5) is 0. The van der Waals surface area contributed by atoms with Gasteiger partial charge in [0.15, 0.2) is 23.2 Å². The highest BCUT2D eigenvalue weighted by Crippen LogP contribution is 2.16. The Morgan fingerprint density at radius 3 is 2.14 bits per heavy atom. The van der Waals surface area contributed by atoms with Crippen molar-refractivity contribution in [1.29, 1.82) is 0 Å². The summed E-state index contributed by atoms with van der Waals surface area (Å²) >= 11 is 0. The van der Waals surface area contributed by atoms with E-state index >= 15 is 0 Å². The van der Waals surface area contributed by atoms with E-state index in [1.807, 2.05) is 0 Å². The molecular formula is C14H10BF5O. The highest BCUT2D eigenvalue weighted by molar-refractivity contribution is 6.67. The van der Waals surface area contributed by atoms with Gasteiger partial charge in [0, 0.05) is 6.07 Å². The second-order valence-corrected chi connectivity index (χ2v) is 4.54. The van der Waals surface area contributed by atoms with Crippen molar-refractivity contribution in [2.75, 3.05) is 7.11 Å². The summed E-state index contributed by atoms with van der Waals surface area (Å²) in [6.07, 6.45) is 0. The molecule has 0 saturated carbocycles. The molecule has 110 valence electrons. The number of ether oxygens (including phenoxy) is 1. The fourth-order valence-electron chi connectivity index (χ4n) is 1.97. The van der Waals surface area contributed by atoms with Crippen molar-refractivity contribution in [2.24, 2.45) is 0 Å². The van der Waals surface area contributed by atoms with Crippen LogP contribution in [0.5, 0.6) is 5.75 Å². The summed E-state index contributed by atoms with van der Waals surface area (Å²) in [6.45, 7) is 1.22. The minimum Gasteiger partial charge on any atom is -0.494 e. The van der Waals surface area contributed by atoms with Gasteiger partial charge in [-0.1, -0.05) is 0 Å². The lowest BCUT2D eigenvalue weighted by atomic mass is 9.63. The van der Waals surface area contributed by atoms with Crippen LogP contribution in [0.25, 0.3) is 0 Å². The van der Waals surface area contributed by atoms with Gasteiger partial charge in [-0.2, -0.15) is 0 Å². The minimum atomic E-state index is -1.38. The van der Waals surface area contributed by atoms with Crippen molar-refractivity contribution in [3.63, 3.8) is 0 Å². The number of hydrogen-bond donors (Lipinski definition) is 0. The Morgan fingerprint density at radius 2 is 1.52 bits per heavy atom. The van der Waals surface area contributed by atoms with Crippen molar-refractivity contribution in [1.82, 2.24) is 0 Å². The third-order valence-corrected chi connectivity index (χ3v) is 3.12. The van der Waals surface area contributed by atoms with Crippen LogP contribution in [0.1, 0.15) is 5.56 Å². The zero-order chi connectivity index (χ0) is 15.7. The molecule has 0 amide bonds. The fraction of sp³-hybridized carbons (Fsp3) is 0.143. The maximum absolute atomic E-state index is 13.8. The Kier molecular flexibility index (Phi) is 4.20. The molecule has 0 aliphatic carbocycles. The molecule has 0 heterocycles. The van der Waals surface area contributed by atoms with E-state index in [1.165, 1.54) is 14.0 Å². The van der Waals surface area contributed by atoms with E-state index in [-0.39, 0.29) is 16.8 Å². The zero-order valence-corrected chi connectivity index (χ0v) is 11.2. The Bertz CT molecular complexity index is 702. The molecule has 0 radical (unpaired) electrons. The van der Waals surface area contributed by atoms with Gasteiger partial charge in [0.05, 0.1) is 7.11 Å². The SMILES string of the molecule is COc1cc(Bc2c(F)cc(C)c(F)c2F)c(F)cc1F. The zero-order valence-electron chi connectivity index (χ0n) is 11.2. The van der Waals surface area contributed by atoms with Crippen molar-refractivity contribution in [2.45, 2.75) is 6.92 Å².